The van der Waals surface area contributed by atoms with Gasteiger partial charge in [-0.2, -0.15) is 0 Å². The number of rotatable bonds is 2. The molecule has 2 heterocycles. The molecule has 2 atom stereocenters. The van der Waals surface area contributed by atoms with Crippen LogP contribution >= 0.6 is 11.6 Å². The summed E-state index contributed by atoms with van der Waals surface area (Å²) in [6, 6.07) is 5.32. The number of aromatic nitrogens is 4. The van der Waals surface area contributed by atoms with Gasteiger partial charge in [-0.05, 0) is 48.9 Å². The van der Waals surface area contributed by atoms with Crippen molar-refractivity contribution in [2.24, 2.45) is 0 Å². The highest BCUT2D eigenvalue weighted by Gasteiger charge is 2.41. The summed E-state index contributed by atoms with van der Waals surface area (Å²) in [6.45, 7) is 4.83. The molecule has 2 unspecified atom stereocenters. The van der Waals surface area contributed by atoms with Crippen molar-refractivity contribution >= 4 is 17.3 Å². The molecule has 0 spiro atoms. The Morgan fingerprint density at radius 1 is 1.50 bits per heavy atom. The highest BCUT2D eigenvalue weighted by Crippen LogP contribution is 2.36. The number of nitrogens with two attached hydrogens (primary N) is 1. The van der Waals surface area contributed by atoms with Crippen molar-refractivity contribution in [1.82, 2.24) is 20.2 Å². The maximum absolute atomic E-state index is 6.03. The lowest BCUT2D eigenvalue weighted by Gasteiger charge is -2.28. The van der Waals surface area contributed by atoms with E-state index >= 15 is 0 Å². The lowest BCUT2D eigenvalue weighted by atomic mass is 9.94. The molecule has 3 rings (SSSR count). The second kappa shape index (κ2) is 4.71. The van der Waals surface area contributed by atoms with E-state index in [-0.39, 0.29) is 11.6 Å². The largest absolute Gasteiger partial charge is 0.398 e. The molecule has 0 amide bonds. The average Bonchev–Trinajstić information content (AvgIpc) is 2.99. The molecule has 0 saturated carbocycles. The Morgan fingerprint density at radius 3 is 2.95 bits per heavy atom. The molecular formula is C13H16ClN5O. The Balaban J connectivity index is 2.11. The minimum Gasteiger partial charge on any atom is -0.398 e. The summed E-state index contributed by atoms with van der Waals surface area (Å²) >= 11 is 5.94. The third-order valence-electron chi connectivity index (χ3n) is 4.06. The Hall–Kier alpha value is -1.66. The van der Waals surface area contributed by atoms with Crippen molar-refractivity contribution in [2.75, 3.05) is 12.3 Å². The number of tetrazole rings is 1. The van der Waals surface area contributed by atoms with E-state index in [4.69, 9.17) is 22.1 Å². The van der Waals surface area contributed by atoms with Gasteiger partial charge in [-0.15, -0.1) is 5.10 Å². The highest BCUT2D eigenvalue weighted by atomic mass is 35.5. The molecule has 2 N–H and O–H groups in total. The molecule has 2 aromatic rings. The molecule has 0 radical (unpaired) electrons. The van der Waals surface area contributed by atoms with Gasteiger partial charge in [0.05, 0.1) is 11.6 Å². The number of benzene rings is 1. The maximum Gasteiger partial charge on any atom is 0.184 e. The Kier molecular flexibility index (Phi) is 3.14. The molecule has 1 aromatic carbocycles. The Bertz CT molecular complexity index is 643. The van der Waals surface area contributed by atoms with Gasteiger partial charge in [-0.25, -0.2) is 4.68 Å². The molecule has 6 nitrogen and oxygen atoms in total. The molecular weight excluding hydrogens is 278 g/mol. The van der Waals surface area contributed by atoms with Gasteiger partial charge in [0.2, 0.25) is 0 Å². The van der Waals surface area contributed by atoms with Gasteiger partial charge in [-0.3, -0.25) is 0 Å². The third-order valence-corrected chi connectivity index (χ3v) is 4.29. The lowest BCUT2D eigenvalue weighted by molar-refractivity contribution is 0.0706. The van der Waals surface area contributed by atoms with Crippen LogP contribution in [0.1, 0.15) is 20.3 Å². The first-order chi connectivity index (χ1) is 9.52. The fraction of sp³-hybridized carbons (Fsp3) is 0.462. The number of nitrogens with zero attached hydrogens (tertiary/aromatic N) is 4. The van der Waals surface area contributed by atoms with Crippen LogP contribution in [0.4, 0.5) is 5.69 Å². The van der Waals surface area contributed by atoms with E-state index < -0.39 is 0 Å². The van der Waals surface area contributed by atoms with Crippen molar-refractivity contribution in [3.05, 3.63) is 23.2 Å². The maximum atomic E-state index is 6.03. The minimum atomic E-state index is -0.273. The highest BCUT2D eigenvalue weighted by molar-refractivity contribution is 6.31. The van der Waals surface area contributed by atoms with Gasteiger partial charge < -0.3 is 10.5 Å². The van der Waals surface area contributed by atoms with Crippen LogP contribution in [-0.4, -0.2) is 32.9 Å². The summed E-state index contributed by atoms with van der Waals surface area (Å²) < 4.78 is 7.47. The van der Waals surface area contributed by atoms with E-state index in [9.17, 15) is 0 Å². The van der Waals surface area contributed by atoms with Gasteiger partial charge >= 0.3 is 0 Å². The van der Waals surface area contributed by atoms with E-state index in [0.29, 0.717) is 23.1 Å². The molecule has 1 fully saturated rings. The standard InChI is InChI=1S/C13H16ClN5O/c1-8-13(2,5-6-20-8)19-12(16-17-18-19)10-4-3-9(14)7-11(10)15/h3-4,7-8H,5-6,15H2,1-2H3. The number of hydrogen-bond acceptors (Lipinski definition) is 5. The first-order valence-electron chi connectivity index (χ1n) is 6.48. The minimum absolute atomic E-state index is 0.0401. The van der Waals surface area contributed by atoms with Gasteiger partial charge in [0.15, 0.2) is 5.82 Å². The van der Waals surface area contributed by atoms with Gasteiger partial charge in [-0.1, -0.05) is 11.6 Å². The number of nitrogen functional groups attached to an aromatic ring is 1. The zero-order valence-corrected chi connectivity index (χ0v) is 12.1. The van der Waals surface area contributed by atoms with Crippen molar-refractivity contribution in [3.8, 4) is 11.4 Å². The van der Waals surface area contributed by atoms with Crippen LogP contribution in [0.2, 0.25) is 5.02 Å². The van der Waals surface area contributed by atoms with Crippen molar-refractivity contribution < 1.29 is 4.74 Å². The van der Waals surface area contributed by atoms with E-state index in [0.717, 1.165) is 12.0 Å². The van der Waals surface area contributed by atoms with E-state index in [1.54, 1.807) is 12.1 Å². The molecule has 0 bridgehead atoms. The van der Waals surface area contributed by atoms with Crippen LogP contribution in [0, 0.1) is 0 Å². The van der Waals surface area contributed by atoms with Crippen LogP contribution in [0.15, 0.2) is 18.2 Å². The van der Waals surface area contributed by atoms with Crippen LogP contribution in [0.25, 0.3) is 11.4 Å². The molecule has 106 valence electrons. The fourth-order valence-electron chi connectivity index (χ4n) is 2.54. The quantitative estimate of drug-likeness (QED) is 0.858. The number of ether oxygens (including phenoxy) is 1. The summed E-state index contributed by atoms with van der Waals surface area (Å²) in [4.78, 5) is 0. The van der Waals surface area contributed by atoms with E-state index in [1.165, 1.54) is 0 Å². The van der Waals surface area contributed by atoms with Crippen LogP contribution in [0.5, 0.6) is 0 Å². The molecule has 1 aliphatic heterocycles. The van der Waals surface area contributed by atoms with Crippen molar-refractivity contribution in [3.63, 3.8) is 0 Å². The van der Waals surface area contributed by atoms with Crippen LogP contribution in [0.3, 0.4) is 0 Å². The molecule has 1 aliphatic rings. The zero-order valence-electron chi connectivity index (χ0n) is 11.4. The molecule has 20 heavy (non-hydrogen) atoms. The average molecular weight is 294 g/mol. The lowest BCUT2D eigenvalue weighted by Crippen LogP contribution is -2.38. The fourth-order valence-corrected chi connectivity index (χ4v) is 2.72. The second-order valence-electron chi connectivity index (χ2n) is 5.27. The SMILES string of the molecule is CC1OCCC1(C)n1nnnc1-c1ccc(Cl)cc1N. The van der Waals surface area contributed by atoms with Crippen LogP contribution in [-0.2, 0) is 10.3 Å². The Labute approximate surface area is 121 Å². The number of anilines is 1. The first kappa shape index (κ1) is 13.3. The predicted octanol–water partition coefficient (Wildman–Crippen LogP) is 2.10. The summed E-state index contributed by atoms with van der Waals surface area (Å²) in [5.41, 5.74) is 7.10. The first-order valence-corrected chi connectivity index (χ1v) is 6.86. The van der Waals surface area contributed by atoms with Gasteiger partial charge in [0.25, 0.3) is 0 Å². The topological polar surface area (TPSA) is 78.8 Å². The molecule has 7 heteroatoms. The number of halogens is 1. The summed E-state index contributed by atoms with van der Waals surface area (Å²) in [6.07, 6.45) is 0.901. The third kappa shape index (κ3) is 1.96. The second-order valence-corrected chi connectivity index (χ2v) is 5.70. The van der Waals surface area contributed by atoms with Crippen LogP contribution < -0.4 is 5.73 Å². The Morgan fingerprint density at radius 2 is 2.30 bits per heavy atom. The molecule has 1 aromatic heterocycles. The van der Waals surface area contributed by atoms with Crippen molar-refractivity contribution in [2.45, 2.75) is 31.9 Å². The molecule has 1 saturated heterocycles. The summed E-state index contributed by atoms with van der Waals surface area (Å²) in [7, 11) is 0. The summed E-state index contributed by atoms with van der Waals surface area (Å²) in [5.74, 6) is 0.638. The normalized spacial score (nSPS) is 26.1. The van der Waals surface area contributed by atoms with Gasteiger partial charge in [0, 0.05) is 22.9 Å². The zero-order chi connectivity index (χ0) is 14.3. The number of hydrogen-bond donors (Lipinski definition) is 1. The monoisotopic (exact) mass is 293 g/mol. The predicted molar refractivity (Wildman–Crippen MR) is 76.4 cm³/mol. The summed E-state index contributed by atoms with van der Waals surface area (Å²) in [5, 5.41) is 12.7. The van der Waals surface area contributed by atoms with E-state index in [1.807, 2.05) is 17.7 Å². The van der Waals surface area contributed by atoms with Crippen molar-refractivity contribution in [1.29, 1.82) is 0 Å². The van der Waals surface area contributed by atoms with Gasteiger partial charge in [0.1, 0.15) is 0 Å². The smallest absolute Gasteiger partial charge is 0.184 e. The van der Waals surface area contributed by atoms with E-state index in [2.05, 4.69) is 22.4 Å². The molecule has 0 aliphatic carbocycles.